The summed E-state index contributed by atoms with van der Waals surface area (Å²) in [5.41, 5.74) is 0.589. The van der Waals surface area contributed by atoms with Gasteiger partial charge in [0.05, 0.1) is 5.69 Å². The molecule has 1 unspecified atom stereocenters. The van der Waals surface area contributed by atoms with Crippen LogP contribution in [0.2, 0.25) is 5.02 Å². The van der Waals surface area contributed by atoms with E-state index in [2.05, 4.69) is 5.10 Å². The van der Waals surface area contributed by atoms with Gasteiger partial charge in [-0.05, 0) is 49.2 Å². The first-order valence-electron chi connectivity index (χ1n) is 9.90. The molecule has 156 valence electrons. The van der Waals surface area contributed by atoms with Gasteiger partial charge in [0.15, 0.2) is 6.61 Å². The fourth-order valence-electron chi connectivity index (χ4n) is 3.75. The molecule has 3 aromatic rings. The average Bonchev–Trinajstić information content (AvgIpc) is 3.08. The van der Waals surface area contributed by atoms with Gasteiger partial charge in [0.1, 0.15) is 11.6 Å². The predicted octanol–water partition coefficient (Wildman–Crippen LogP) is 3.01. The number of benzene rings is 2. The van der Waals surface area contributed by atoms with Gasteiger partial charge >= 0.3 is 5.69 Å². The summed E-state index contributed by atoms with van der Waals surface area (Å²) in [6, 6.07) is 16.4. The molecule has 1 aromatic heterocycles. The van der Waals surface area contributed by atoms with Crippen LogP contribution in [0.25, 0.3) is 5.69 Å². The highest BCUT2D eigenvalue weighted by molar-refractivity contribution is 6.30. The number of hydrogen-bond acceptors (Lipinski definition) is 4. The van der Waals surface area contributed by atoms with Crippen molar-refractivity contribution in [3.05, 3.63) is 75.9 Å². The Morgan fingerprint density at radius 2 is 1.90 bits per heavy atom. The van der Waals surface area contributed by atoms with Gasteiger partial charge in [0, 0.05) is 31.1 Å². The number of halogens is 1. The van der Waals surface area contributed by atoms with Crippen LogP contribution in [0, 0.1) is 0 Å². The van der Waals surface area contributed by atoms with Gasteiger partial charge in [-0.2, -0.15) is 5.10 Å². The maximum Gasteiger partial charge on any atom is 0.350 e. The third-order valence-electron chi connectivity index (χ3n) is 5.28. The Morgan fingerprint density at radius 3 is 2.63 bits per heavy atom. The number of likely N-dealkylation sites (tertiary alicyclic amines) is 1. The lowest BCUT2D eigenvalue weighted by molar-refractivity contribution is -0.134. The van der Waals surface area contributed by atoms with Gasteiger partial charge in [0.25, 0.3) is 5.91 Å². The molecule has 1 aliphatic heterocycles. The first-order valence-corrected chi connectivity index (χ1v) is 10.3. The Balaban J connectivity index is 1.49. The molecule has 8 heteroatoms. The summed E-state index contributed by atoms with van der Waals surface area (Å²) in [4.78, 5) is 27.2. The highest BCUT2D eigenvalue weighted by Gasteiger charge is 2.29. The standard InChI is InChI=1S/C22H23ClN4O3/c1-25-22(29)27(18-7-3-2-4-8-18)21(24-25)16-6-5-13-26(14-16)20(28)15-30-19-11-9-17(23)10-12-19/h2-4,7-12,16H,5-6,13-15H2,1H3. The molecule has 1 saturated heterocycles. The molecule has 30 heavy (non-hydrogen) atoms. The van der Waals surface area contributed by atoms with E-state index in [1.54, 1.807) is 40.8 Å². The number of nitrogens with zero attached hydrogens (tertiary/aromatic N) is 4. The SMILES string of the molecule is Cn1nc(C2CCCN(C(=O)COc3ccc(Cl)cc3)C2)n(-c2ccccc2)c1=O. The summed E-state index contributed by atoms with van der Waals surface area (Å²) in [7, 11) is 1.65. The quantitative estimate of drug-likeness (QED) is 0.629. The summed E-state index contributed by atoms with van der Waals surface area (Å²) in [5.74, 6) is 1.18. The van der Waals surface area contributed by atoms with Crippen LogP contribution < -0.4 is 10.4 Å². The van der Waals surface area contributed by atoms with Gasteiger partial charge in [-0.3, -0.25) is 4.79 Å². The molecular formula is C22H23ClN4O3. The van der Waals surface area contributed by atoms with E-state index in [1.165, 1.54) is 4.68 Å². The first-order chi connectivity index (χ1) is 14.5. The minimum Gasteiger partial charge on any atom is -0.484 e. The largest absolute Gasteiger partial charge is 0.484 e. The highest BCUT2D eigenvalue weighted by atomic mass is 35.5. The molecule has 0 radical (unpaired) electrons. The van der Waals surface area contributed by atoms with Crippen molar-refractivity contribution in [1.29, 1.82) is 0 Å². The molecule has 2 aromatic carbocycles. The molecule has 7 nitrogen and oxygen atoms in total. The van der Waals surface area contributed by atoms with Gasteiger partial charge in [-0.25, -0.2) is 14.0 Å². The van der Waals surface area contributed by atoms with Crippen molar-refractivity contribution in [2.75, 3.05) is 19.7 Å². The van der Waals surface area contributed by atoms with Crippen molar-refractivity contribution in [2.24, 2.45) is 7.05 Å². The molecule has 2 heterocycles. The Bertz CT molecular complexity index is 1080. The van der Waals surface area contributed by atoms with E-state index in [0.717, 1.165) is 18.5 Å². The molecule has 0 spiro atoms. The molecule has 0 N–H and O–H groups in total. The molecule has 4 rings (SSSR count). The summed E-state index contributed by atoms with van der Waals surface area (Å²) in [6.07, 6.45) is 1.71. The van der Waals surface area contributed by atoms with Gasteiger partial charge in [-0.15, -0.1) is 0 Å². The second kappa shape index (κ2) is 8.75. The maximum absolute atomic E-state index is 12.7. The Morgan fingerprint density at radius 1 is 1.17 bits per heavy atom. The number of carbonyl (C=O) groups is 1. The molecular weight excluding hydrogens is 404 g/mol. The average molecular weight is 427 g/mol. The van der Waals surface area contributed by atoms with E-state index < -0.39 is 0 Å². The minimum atomic E-state index is -0.189. The lowest BCUT2D eigenvalue weighted by Gasteiger charge is -2.32. The zero-order valence-corrected chi connectivity index (χ0v) is 17.5. The Hall–Kier alpha value is -3.06. The van der Waals surface area contributed by atoms with Crippen molar-refractivity contribution in [2.45, 2.75) is 18.8 Å². The van der Waals surface area contributed by atoms with Crippen molar-refractivity contribution < 1.29 is 9.53 Å². The number of piperidine rings is 1. The van der Waals surface area contributed by atoms with E-state index >= 15 is 0 Å². The lowest BCUT2D eigenvalue weighted by atomic mass is 9.97. The van der Waals surface area contributed by atoms with Crippen LogP contribution in [-0.4, -0.2) is 44.9 Å². The topological polar surface area (TPSA) is 69.4 Å². The van der Waals surface area contributed by atoms with E-state index in [-0.39, 0.29) is 24.1 Å². The van der Waals surface area contributed by atoms with Crippen molar-refractivity contribution in [1.82, 2.24) is 19.2 Å². The molecule has 1 atom stereocenters. The number of amides is 1. The van der Waals surface area contributed by atoms with E-state index in [1.807, 2.05) is 30.3 Å². The fourth-order valence-corrected chi connectivity index (χ4v) is 3.88. The number of para-hydroxylation sites is 1. The highest BCUT2D eigenvalue weighted by Crippen LogP contribution is 2.27. The second-order valence-corrected chi connectivity index (χ2v) is 7.79. The van der Waals surface area contributed by atoms with Gasteiger partial charge < -0.3 is 9.64 Å². The lowest BCUT2D eigenvalue weighted by Crippen LogP contribution is -2.42. The smallest absolute Gasteiger partial charge is 0.350 e. The van der Waals surface area contributed by atoms with Crippen LogP contribution >= 0.6 is 11.6 Å². The van der Waals surface area contributed by atoms with Crippen LogP contribution in [0.3, 0.4) is 0 Å². The van der Waals surface area contributed by atoms with Crippen LogP contribution in [0.1, 0.15) is 24.6 Å². The first kappa shape index (κ1) is 20.2. The fraction of sp³-hybridized carbons (Fsp3) is 0.318. The van der Waals surface area contributed by atoms with Crippen molar-refractivity contribution in [3.63, 3.8) is 0 Å². The predicted molar refractivity (Wildman–Crippen MR) is 114 cm³/mol. The zero-order valence-electron chi connectivity index (χ0n) is 16.7. The molecule has 1 aliphatic rings. The van der Waals surface area contributed by atoms with Gasteiger partial charge in [-0.1, -0.05) is 29.8 Å². The summed E-state index contributed by atoms with van der Waals surface area (Å²) in [6.45, 7) is 1.13. The maximum atomic E-state index is 12.7. The number of aryl methyl sites for hydroxylation is 1. The number of rotatable bonds is 5. The number of ether oxygens (including phenoxy) is 1. The minimum absolute atomic E-state index is 0.0210. The van der Waals surface area contributed by atoms with Gasteiger partial charge in [0.2, 0.25) is 0 Å². The van der Waals surface area contributed by atoms with Crippen LogP contribution in [0.15, 0.2) is 59.4 Å². The summed E-state index contributed by atoms with van der Waals surface area (Å²) >= 11 is 5.88. The molecule has 1 fully saturated rings. The van der Waals surface area contributed by atoms with Crippen molar-refractivity contribution >= 4 is 17.5 Å². The Kier molecular flexibility index (Phi) is 5.90. The van der Waals surface area contributed by atoms with Crippen LogP contribution in [0.4, 0.5) is 0 Å². The molecule has 0 saturated carbocycles. The van der Waals surface area contributed by atoms with Crippen LogP contribution in [0.5, 0.6) is 5.75 Å². The third-order valence-corrected chi connectivity index (χ3v) is 5.53. The molecule has 1 amide bonds. The second-order valence-electron chi connectivity index (χ2n) is 7.36. The van der Waals surface area contributed by atoms with E-state index in [4.69, 9.17) is 16.3 Å². The Labute approximate surface area is 179 Å². The number of aromatic nitrogens is 3. The summed E-state index contributed by atoms with van der Waals surface area (Å²) in [5, 5.41) is 5.11. The van der Waals surface area contributed by atoms with Crippen LogP contribution in [-0.2, 0) is 11.8 Å². The zero-order chi connectivity index (χ0) is 21.1. The normalized spacial score (nSPS) is 16.5. The van der Waals surface area contributed by atoms with Crippen molar-refractivity contribution in [3.8, 4) is 11.4 Å². The summed E-state index contributed by atoms with van der Waals surface area (Å²) < 4.78 is 8.60. The van der Waals surface area contributed by atoms with E-state index in [9.17, 15) is 9.59 Å². The molecule has 0 bridgehead atoms. The molecule has 0 aliphatic carbocycles. The number of carbonyl (C=O) groups excluding carboxylic acids is 1. The third kappa shape index (κ3) is 4.26. The number of hydrogen-bond donors (Lipinski definition) is 0. The monoisotopic (exact) mass is 426 g/mol. The van der Waals surface area contributed by atoms with E-state index in [0.29, 0.717) is 29.7 Å².